The molecule has 32 heavy (non-hydrogen) atoms. The molecule has 4 rings (SSSR count). The highest BCUT2D eigenvalue weighted by atomic mass is 16.3. The van der Waals surface area contributed by atoms with Crippen LogP contribution in [0.2, 0.25) is 0 Å². The van der Waals surface area contributed by atoms with E-state index in [1.807, 2.05) is 12.1 Å². The van der Waals surface area contributed by atoms with Crippen molar-refractivity contribution in [3.8, 4) is 17.4 Å². The second kappa shape index (κ2) is 9.65. The molecule has 1 aliphatic rings. The zero-order valence-electron chi connectivity index (χ0n) is 19.4. The number of nitrogens with zero attached hydrogens (tertiary/aromatic N) is 6. The van der Waals surface area contributed by atoms with Gasteiger partial charge in [-0.1, -0.05) is 13.8 Å². The summed E-state index contributed by atoms with van der Waals surface area (Å²) in [5.41, 5.74) is 2.16. The van der Waals surface area contributed by atoms with Crippen LogP contribution in [0.3, 0.4) is 0 Å². The summed E-state index contributed by atoms with van der Waals surface area (Å²) in [6.45, 7) is 5.91. The highest BCUT2D eigenvalue weighted by Gasteiger charge is 2.31. The predicted octanol–water partition coefficient (Wildman–Crippen LogP) is 3.99. The Balaban J connectivity index is 1.66. The van der Waals surface area contributed by atoms with E-state index < -0.39 is 0 Å². The summed E-state index contributed by atoms with van der Waals surface area (Å²) in [4.78, 5) is 27.0. The number of carbonyl (C=O) groups excluding carboxylic acids is 1. The number of carbonyl (C=O) groups is 1. The molecule has 1 unspecified atom stereocenters. The van der Waals surface area contributed by atoms with Crippen LogP contribution in [0.15, 0.2) is 41.3 Å². The van der Waals surface area contributed by atoms with Gasteiger partial charge < -0.3 is 14.2 Å². The highest BCUT2D eigenvalue weighted by Crippen LogP contribution is 2.28. The van der Waals surface area contributed by atoms with Crippen LogP contribution in [-0.4, -0.2) is 68.7 Å². The van der Waals surface area contributed by atoms with Gasteiger partial charge in [-0.15, -0.1) is 0 Å². The molecule has 1 aliphatic heterocycles. The predicted molar refractivity (Wildman–Crippen MR) is 123 cm³/mol. The molecule has 8 nitrogen and oxygen atoms in total. The van der Waals surface area contributed by atoms with Gasteiger partial charge in [0.1, 0.15) is 5.69 Å². The first-order valence-electron chi connectivity index (χ1n) is 11.4. The number of hydrogen-bond donors (Lipinski definition) is 0. The molecule has 1 saturated heterocycles. The van der Waals surface area contributed by atoms with Crippen molar-refractivity contribution < 1.29 is 9.21 Å². The molecule has 1 amide bonds. The summed E-state index contributed by atoms with van der Waals surface area (Å²) in [6.07, 6.45) is 9.24. The molecular formula is C24H32N6O2. The molecule has 0 aromatic carbocycles. The molecule has 0 N–H and O–H groups in total. The van der Waals surface area contributed by atoms with E-state index in [9.17, 15) is 4.79 Å². The average molecular weight is 437 g/mol. The number of hydrogen-bond acceptors (Lipinski definition) is 6. The molecule has 8 heteroatoms. The Morgan fingerprint density at radius 2 is 2.12 bits per heavy atom. The minimum atomic E-state index is 0.0607. The lowest BCUT2D eigenvalue weighted by Gasteiger charge is -2.36. The maximum atomic E-state index is 13.7. The third-order valence-corrected chi connectivity index (χ3v) is 5.99. The third kappa shape index (κ3) is 4.60. The highest BCUT2D eigenvalue weighted by molar-refractivity contribution is 5.95. The molecule has 3 aromatic heterocycles. The Bertz CT molecular complexity index is 1040. The smallest absolute Gasteiger partial charge is 0.257 e. The Morgan fingerprint density at radius 3 is 2.84 bits per heavy atom. The van der Waals surface area contributed by atoms with Crippen LogP contribution in [-0.2, 0) is 0 Å². The van der Waals surface area contributed by atoms with Gasteiger partial charge in [0.05, 0.1) is 23.7 Å². The van der Waals surface area contributed by atoms with E-state index >= 15 is 0 Å². The second-order valence-corrected chi connectivity index (χ2v) is 8.97. The third-order valence-electron chi connectivity index (χ3n) is 5.99. The number of piperidine rings is 1. The van der Waals surface area contributed by atoms with Gasteiger partial charge in [-0.05, 0) is 70.4 Å². The molecule has 4 heterocycles. The van der Waals surface area contributed by atoms with E-state index in [1.165, 1.54) is 6.42 Å². The topological polar surface area (TPSA) is 80.3 Å². The quantitative estimate of drug-likeness (QED) is 0.557. The van der Waals surface area contributed by atoms with Gasteiger partial charge in [-0.25, -0.2) is 14.6 Å². The Labute approximate surface area is 189 Å². The van der Waals surface area contributed by atoms with Crippen molar-refractivity contribution in [3.63, 3.8) is 0 Å². The molecule has 1 atom stereocenters. The summed E-state index contributed by atoms with van der Waals surface area (Å²) >= 11 is 0. The SMILES string of the molecule is CC(C)c1c(C(=O)N2CCCCC2CCN(C)C)cnn1-c1nccc(-c2ccco2)n1. The summed E-state index contributed by atoms with van der Waals surface area (Å²) in [5.74, 6) is 1.24. The lowest BCUT2D eigenvalue weighted by molar-refractivity contribution is 0.0590. The number of furan rings is 1. The Kier molecular flexibility index (Phi) is 6.69. The van der Waals surface area contributed by atoms with Crippen molar-refractivity contribution in [1.29, 1.82) is 0 Å². The van der Waals surface area contributed by atoms with Crippen LogP contribution in [0.1, 0.15) is 61.5 Å². The Hall–Kier alpha value is -3.00. The summed E-state index contributed by atoms with van der Waals surface area (Å²) in [5, 5.41) is 4.55. The molecule has 0 spiro atoms. The number of amides is 1. The van der Waals surface area contributed by atoms with Gasteiger partial charge >= 0.3 is 0 Å². The summed E-state index contributed by atoms with van der Waals surface area (Å²) in [7, 11) is 4.15. The zero-order valence-corrected chi connectivity index (χ0v) is 19.4. The van der Waals surface area contributed by atoms with Crippen LogP contribution in [0, 0.1) is 0 Å². The maximum Gasteiger partial charge on any atom is 0.257 e. The lowest BCUT2D eigenvalue weighted by atomic mass is 9.97. The van der Waals surface area contributed by atoms with E-state index in [-0.39, 0.29) is 17.9 Å². The van der Waals surface area contributed by atoms with E-state index in [4.69, 9.17) is 4.42 Å². The van der Waals surface area contributed by atoms with E-state index in [0.717, 1.165) is 38.0 Å². The van der Waals surface area contributed by atoms with Gasteiger partial charge in [0, 0.05) is 18.8 Å². The van der Waals surface area contributed by atoms with Gasteiger partial charge in [-0.2, -0.15) is 5.10 Å². The van der Waals surface area contributed by atoms with Gasteiger partial charge in [0.15, 0.2) is 5.76 Å². The standard InChI is InChI=1S/C24H32N6O2/c1-17(2)22-19(23(31)29-13-6-5-8-18(29)11-14-28(3)4)16-26-30(22)24-25-12-10-20(27-24)21-9-7-15-32-21/h7,9-10,12,15-18H,5-6,8,11,13-14H2,1-4H3. The Morgan fingerprint density at radius 1 is 1.28 bits per heavy atom. The summed E-state index contributed by atoms with van der Waals surface area (Å²) < 4.78 is 7.18. The van der Waals surface area contributed by atoms with Crippen LogP contribution >= 0.6 is 0 Å². The van der Waals surface area contributed by atoms with Gasteiger partial charge in [0.25, 0.3) is 11.9 Å². The van der Waals surface area contributed by atoms with Crippen molar-refractivity contribution in [3.05, 3.63) is 48.1 Å². The van der Waals surface area contributed by atoms with Crippen molar-refractivity contribution in [2.24, 2.45) is 0 Å². The summed E-state index contributed by atoms with van der Waals surface area (Å²) in [6, 6.07) is 5.75. The van der Waals surface area contributed by atoms with Crippen molar-refractivity contribution in [2.45, 2.75) is 51.5 Å². The maximum absolute atomic E-state index is 13.7. The second-order valence-electron chi connectivity index (χ2n) is 8.97. The average Bonchev–Trinajstić information content (AvgIpc) is 3.48. The molecule has 0 aliphatic carbocycles. The zero-order chi connectivity index (χ0) is 22.7. The first-order chi connectivity index (χ1) is 15.5. The molecule has 170 valence electrons. The fraction of sp³-hybridized carbons (Fsp3) is 0.500. The minimum absolute atomic E-state index is 0.0607. The fourth-order valence-corrected chi connectivity index (χ4v) is 4.38. The van der Waals surface area contributed by atoms with E-state index in [1.54, 1.807) is 29.4 Å². The van der Waals surface area contributed by atoms with Crippen LogP contribution in [0.25, 0.3) is 17.4 Å². The monoisotopic (exact) mass is 436 g/mol. The minimum Gasteiger partial charge on any atom is -0.463 e. The first kappa shape index (κ1) is 22.2. The van der Waals surface area contributed by atoms with Crippen molar-refractivity contribution >= 4 is 5.91 Å². The van der Waals surface area contributed by atoms with Crippen LogP contribution in [0.4, 0.5) is 0 Å². The van der Waals surface area contributed by atoms with E-state index in [2.05, 4.69) is 52.8 Å². The molecule has 0 bridgehead atoms. The van der Waals surface area contributed by atoms with Crippen LogP contribution in [0.5, 0.6) is 0 Å². The largest absolute Gasteiger partial charge is 0.463 e. The molecule has 0 saturated carbocycles. The van der Waals surface area contributed by atoms with Crippen molar-refractivity contribution in [1.82, 2.24) is 29.5 Å². The molecule has 1 fully saturated rings. The number of rotatable bonds is 7. The van der Waals surface area contributed by atoms with Gasteiger partial charge in [-0.3, -0.25) is 4.79 Å². The molecule has 3 aromatic rings. The first-order valence-corrected chi connectivity index (χ1v) is 11.4. The number of likely N-dealkylation sites (tertiary alicyclic amines) is 1. The fourth-order valence-electron chi connectivity index (χ4n) is 4.38. The van der Waals surface area contributed by atoms with Crippen LogP contribution < -0.4 is 0 Å². The molecular weight excluding hydrogens is 404 g/mol. The normalized spacial score (nSPS) is 16.8. The van der Waals surface area contributed by atoms with Gasteiger partial charge in [0.2, 0.25) is 0 Å². The molecule has 0 radical (unpaired) electrons. The number of aromatic nitrogens is 4. The van der Waals surface area contributed by atoms with Crippen molar-refractivity contribution in [2.75, 3.05) is 27.2 Å². The van der Waals surface area contributed by atoms with E-state index in [0.29, 0.717) is 23.0 Å². The lowest BCUT2D eigenvalue weighted by Crippen LogP contribution is -2.45.